The van der Waals surface area contributed by atoms with E-state index >= 15 is 0 Å². The first-order chi connectivity index (χ1) is 8.38. The Morgan fingerprint density at radius 2 is 1.35 bits per heavy atom. The van der Waals surface area contributed by atoms with Crippen molar-refractivity contribution in [2.45, 2.75) is 19.9 Å². The number of hydrogen-bond donors (Lipinski definition) is 1. The second kappa shape index (κ2) is 6.21. The summed E-state index contributed by atoms with van der Waals surface area (Å²) in [5, 5.41) is 3.33. The van der Waals surface area contributed by atoms with E-state index in [1.54, 1.807) is 0 Å². The van der Waals surface area contributed by atoms with Crippen LogP contribution in [-0.2, 0) is 13.0 Å². The highest BCUT2D eigenvalue weighted by molar-refractivity contribution is 5.28. The van der Waals surface area contributed by atoms with Crippen LogP contribution in [0.4, 0.5) is 0 Å². The molecule has 0 aliphatic heterocycles. The fourth-order valence-corrected chi connectivity index (χ4v) is 1.88. The predicted octanol–water partition coefficient (Wildman–Crippen LogP) is 3.39. The Hall–Kier alpha value is -1.60. The van der Waals surface area contributed by atoms with E-state index in [0.29, 0.717) is 0 Å². The van der Waals surface area contributed by atoms with Crippen LogP contribution in [0.25, 0.3) is 0 Å². The van der Waals surface area contributed by atoms with Crippen molar-refractivity contribution in [2.24, 2.45) is 0 Å². The van der Waals surface area contributed by atoms with Crippen LogP contribution in [0.3, 0.4) is 0 Å². The highest BCUT2D eigenvalue weighted by Crippen LogP contribution is 2.10. The Bertz CT molecular complexity index is 431. The van der Waals surface area contributed by atoms with Crippen LogP contribution in [0, 0.1) is 0 Å². The third-order valence-electron chi connectivity index (χ3n) is 2.85. The molecular weight excluding hydrogens is 206 g/mol. The van der Waals surface area contributed by atoms with Crippen LogP contribution >= 0.6 is 0 Å². The molecule has 0 amide bonds. The zero-order chi connectivity index (χ0) is 11.9. The van der Waals surface area contributed by atoms with Crippen molar-refractivity contribution in [2.75, 3.05) is 6.54 Å². The van der Waals surface area contributed by atoms with E-state index < -0.39 is 0 Å². The van der Waals surface area contributed by atoms with Gasteiger partial charge in [0.25, 0.3) is 0 Å². The van der Waals surface area contributed by atoms with E-state index in [4.69, 9.17) is 0 Å². The predicted molar refractivity (Wildman–Crippen MR) is 73.1 cm³/mol. The molecule has 0 aliphatic carbocycles. The summed E-state index contributed by atoms with van der Waals surface area (Å²) >= 11 is 0. The Balaban J connectivity index is 1.98. The van der Waals surface area contributed by atoms with Crippen molar-refractivity contribution in [3.8, 4) is 0 Å². The van der Waals surface area contributed by atoms with Crippen LogP contribution < -0.4 is 5.32 Å². The minimum absolute atomic E-state index is 0.960. The van der Waals surface area contributed by atoms with E-state index in [1.165, 1.54) is 16.7 Å². The maximum Gasteiger partial charge on any atom is 0.0205 e. The fourth-order valence-electron chi connectivity index (χ4n) is 1.88. The van der Waals surface area contributed by atoms with Gasteiger partial charge in [-0.1, -0.05) is 61.5 Å². The summed E-state index contributed by atoms with van der Waals surface area (Å²) in [6.45, 7) is 4.11. The van der Waals surface area contributed by atoms with Gasteiger partial charge >= 0.3 is 0 Å². The lowest BCUT2D eigenvalue weighted by molar-refractivity contribution is 0.726. The summed E-state index contributed by atoms with van der Waals surface area (Å²) in [5.74, 6) is 0. The average molecular weight is 225 g/mol. The van der Waals surface area contributed by atoms with Crippen LogP contribution in [0.2, 0.25) is 0 Å². The minimum Gasteiger partial charge on any atom is -0.313 e. The third kappa shape index (κ3) is 3.72. The number of rotatable bonds is 5. The molecule has 1 nitrogen and oxygen atoms in total. The summed E-state index contributed by atoms with van der Waals surface area (Å²) in [5.41, 5.74) is 4.09. The average Bonchev–Trinajstić information content (AvgIpc) is 2.39. The van der Waals surface area contributed by atoms with Gasteiger partial charge in [-0.2, -0.15) is 0 Å². The Morgan fingerprint density at radius 3 is 2.00 bits per heavy atom. The molecule has 2 aromatic rings. The standard InChI is InChI=1S/C16H19N/c1-2-17-13-16-10-8-15(9-11-16)12-14-6-4-3-5-7-14/h3-11,17H,2,12-13H2,1H3. The van der Waals surface area contributed by atoms with Gasteiger partial charge in [-0.25, -0.2) is 0 Å². The molecule has 1 N–H and O–H groups in total. The van der Waals surface area contributed by atoms with Gasteiger partial charge in [0.1, 0.15) is 0 Å². The molecule has 1 heteroatoms. The molecule has 0 heterocycles. The molecule has 17 heavy (non-hydrogen) atoms. The Morgan fingerprint density at radius 1 is 0.765 bits per heavy atom. The first-order valence-corrected chi connectivity index (χ1v) is 6.21. The Labute approximate surface area is 103 Å². The zero-order valence-corrected chi connectivity index (χ0v) is 10.3. The largest absolute Gasteiger partial charge is 0.313 e. The van der Waals surface area contributed by atoms with Crippen molar-refractivity contribution in [1.29, 1.82) is 0 Å². The Kier molecular flexibility index (Phi) is 4.34. The SMILES string of the molecule is CCNCc1ccc(Cc2ccccc2)cc1. The van der Waals surface area contributed by atoms with Gasteiger partial charge in [-0.05, 0) is 29.7 Å². The fraction of sp³-hybridized carbons (Fsp3) is 0.250. The van der Waals surface area contributed by atoms with Gasteiger partial charge in [0.05, 0.1) is 0 Å². The van der Waals surface area contributed by atoms with Gasteiger partial charge in [0.15, 0.2) is 0 Å². The van der Waals surface area contributed by atoms with Gasteiger partial charge < -0.3 is 5.32 Å². The first kappa shape index (κ1) is 11.9. The second-order valence-electron chi connectivity index (χ2n) is 4.26. The molecule has 0 saturated carbocycles. The highest BCUT2D eigenvalue weighted by Gasteiger charge is 1.96. The van der Waals surface area contributed by atoms with E-state index in [9.17, 15) is 0 Å². The lowest BCUT2D eigenvalue weighted by Crippen LogP contribution is -2.11. The molecule has 0 atom stereocenters. The van der Waals surface area contributed by atoms with E-state index in [0.717, 1.165) is 19.5 Å². The quantitative estimate of drug-likeness (QED) is 0.822. The molecule has 0 unspecified atom stereocenters. The lowest BCUT2D eigenvalue weighted by Gasteiger charge is -2.05. The van der Waals surface area contributed by atoms with Gasteiger partial charge in [-0.3, -0.25) is 0 Å². The van der Waals surface area contributed by atoms with Crippen molar-refractivity contribution >= 4 is 0 Å². The van der Waals surface area contributed by atoms with Crippen LogP contribution in [0.1, 0.15) is 23.6 Å². The summed E-state index contributed by atoms with van der Waals surface area (Å²) in [7, 11) is 0. The van der Waals surface area contributed by atoms with Gasteiger partial charge in [0.2, 0.25) is 0 Å². The third-order valence-corrected chi connectivity index (χ3v) is 2.85. The molecule has 2 rings (SSSR count). The van der Waals surface area contributed by atoms with E-state index in [1.807, 2.05) is 0 Å². The molecule has 88 valence electrons. The van der Waals surface area contributed by atoms with Crippen molar-refractivity contribution in [1.82, 2.24) is 5.32 Å². The maximum atomic E-state index is 3.33. The van der Waals surface area contributed by atoms with Crippen LogP contribution in [0.5, 0.6) is 0 Å². The van der Waals surface area contributed by atoms with Crippen LogP contribution in [0.15, 0.2) is 54.6 Å². The molecule has 2 aromatic carbocycles. The summed E-state index contributed by atoms with van der Waals surface area (Å²) < 4.78 is 0. The summed E-state index contributed by atoms with van der Waals surface area (Å²) in [6, 6.07) is 19.5. The molecular formula is C16H19N. The van der Waals surface area contributed by atoms with E-state index in [-0.39, 0.29) is 0 Å². The molecule has 0 aromatic heterocycles. The van der Waals surface area contributed by atoms with Crippen molar-refractivity contribution in [3.63, 3.8) is 0 Å². The minimum atomic E-state index is 0.960. The monoisotopic (exact) mass is 225 g/mol. The molecule has 0 saturated heterocycles. The number of hydrogen-bond acceptors (Lipinski definition) is 1. The van der Waals surface area contributed by atoms with Crippen LogP contribution in [-0.4, -0.2) is 6.54 Å². The zero-order valence-electron chi connectivity index (χ0n) is 10.3. The topological polar surface area (TPSA) is 12.0 Å². The van der Waals surface area contributed by atoms with Gasteiger partial charge in [0, 0.05) is 6.54 Å². The highest BCUT2D eigenvalue weighted by atomic mass is 14.8. The number of nitrogens with one attached hydrogen (secondary N) is 1. The summed E-state index contributed by atoms with van der Waals surface area (Å²) in [4.78, 5) is 0. The van der Waals surface area contributed by atoms with Crippen molar-refractivity contribution < 1.29 is 0 Å². The molecule has 0 radical (unpaired) electrons. The maximum absolute atomic E-state index is 3.33. The summed E-state index contributed by atoms with van der Waals surface area (Å²) in [6.07, 6.45) is 1.02. The van der Waals surface area contributed by atoms with Gasteiger partial charge in [-0.15, -0.1) is 0 Å². The molecule has 0 aliphatic rings. The van der Waals surface area contributed by atoms with Crippen molar-refractivity contribution in [3.05, 3.63) is 71.3 Å². The molecule has 0 bridgehead atoms. The lowest BCUT2D eigenvalue weighted by atomic mass is 10.0. The smallest absolute Gasteiger partial charge is 0.0205 e. The second-order valence-corrected chi connectivity index (χ2v) is 4.26. The normalized spacial score (nSPS) is 10.4. The van der Waals surface area contributed by atoms with E-state index in [2.05, 4.69) is 66.8 Å². The first-order valence-electron chi connectivity index (χ1n) is 6.21. The number of benzene rings is 2. The molecule has 0 spiro atoms. The molecule has 0 fully saturated rings.